The molecule has 0 aliphatic carbocycles. The Kier molecular flexibility index (Phi) is 6.74. The number of benzene rings is 1. The number of rotatable bonds is 8. The molecule has 0 bridgehead atoms. The van der Waals surface area contributed by atoms with Crippen LogP contribution in [0.4, 0.5) is 5.69 Å². The van der Waals surface area contributed by atoms with Crippen molar-refractivity contribution in [3.05, 3.63) is 23.8 Å². The fourth-order valence-corrected chi connectivity index (χ4v) is 1.48. The van der Waals surface area contributed by atoms with E-state index in [0.29, 0.717) is 36.8 Å². The molecular formula is C14H21NO4. The van der Waals surface area contributed by atoms with Crippen LogP contribution in [-0.2, 0) is 9.47 Å². The third kappa shape index (κ3) is 5.18. The molecule has 106 valence electrons. The molecule has 5 nitrogen and oxygen atoms in total. The molecule has 0 atom stereocenters. The molecule has 2 N–H and O–H groups in total. The van der Waals surface area contributed by atoms with Crippen LogP contribution in [0.3, 0.4) is 0 Å². The summed E-state index contributed by atoms with van der Waals surface area (Å²) in [5.74, 6) is 0.167. The standard InChI is InChI=1S/C14H21NO4/c1-3-7-17-8-9-19-13-6-5-11(10-12(13)15)14(16)18-4-2/h5-6,10H,3-4,7-9,15H2,1-2H3. The van der Waals surface area contributed by atoms with Gasteiger partial charge in [0, 0.05) is 6.61 Å². The van der Waals surface area contributed by atoms with E-state index in [2.05, 4.69) is 0 Å². The SMILES string of the molecule is CCCOCCOc1ccc(C(=O)OCC)cc1N. The van der Waals surface area contributed by atoms with Crippen molar-refractivity contribution in [1.82, 2.24) is 0 Å². The molecule has 1 aromatic carbocycles. The van der Waals surface area contributed by atoms with Crippen LogP contribution in [-0.4, -0.2) is 32.4 Å². The van der Waals surface area contributed by atoms with E-state index in [1.54, 1.807) is 25.1 Å². The van der Waals surface area contributed by atoms with Crippen LogP contribution in [0.15, 0.2) is 18.2 Å². The second-order valence-electron chi connectivity index (χ2n) is 3.93. The summed E-state index contributed by atoms with van der Waals surface area (Å²) in [6, 6.07) is 4.86. The summed E-state index contributed by atoms with van der Waals surface area (Å²) in [4.78, 5) is 11.5. The lowest BCUT2D eigenvalue weighted by atomic mass is 10.2. The molecule has 0 saturated heterocycles. The molecule has 0 saturated carbocycles. The highest BCUT2D eigenvalue weighted by molar-refractivity contribution is 5.91. The molecule has 1 aromatic rings. The van der Waals surface area contributed by atoms with Crippen LogP contribution < -0.4 is 10.5 Å². The van der Waals surface area contributed by atoms with Crippen molar-refractivity contribution in [3.63, 3.8) is 0 Å². The number of hydrogen-bond acceptors (Lipinski definition) is 5. The monoisotopic (exact) mass is 267 g/mol. The van der Waals surface area contributed by atoms with Gasteiger partial charge in [-0.15, -0.1) is 0 Å². The molecule has 5 heteroatoms. The first-order chi connectivity index (χ1) is 9.19. The van der Waals surface area contributed by atoms with Crippen molar-refractivity contribution in [2.24, 2.45) is 0 Å². The molecule has 0 fully saturated rings. The van der Waals surface area contributed by atoms with Crippen LogP contribution >= 0.6 is 0 Å². The largest absolute Gasteiger partial charge is 0.489 e. The van der Waals surface area contributed by atoms with Gasteiger partial charge in [0.25, 0.3) is 0 Å². The van der Waals surface area contributed by atoms with Crippen molar-refractivity contribution in [3.8, 4) is 5.75 Å². The number of ether oxygens (including phenoxy) is 3. The van der Waals surface area contributed by atoms with Crippen molar-refractivity contribution in [2.75, 3.05) is 32.2 Å². The number of esters is 1. The van der Waals surface area contributed by atoms with Crippen LogP contribution in [0.1, 0.15) is 30.6 Å². The lowest BCUT2D eigenvalue weighted by molar-refractivity contribution is 0.0526. The fourth-order valence-electron chi connectivity index (χ4n) is 1.48. The summed E-state index contributed by atoms with van der Waals surface area (Å²) >= 11 is 0. The van der Waals surface area contributed by atoms with Gasteiger partial charge < -0.3 is 19.9 Å². The highest BCUT2D eigenvalue weighted by Crippen LogP contribution is 2.22. The van der Waals surface area contributed by atoms with Crippen LogP contribution in [0.5, 0.6) is 5.75 Å². The maximum atomic E-state index is 11.5. The quantitative estimate of drug-likeness (QED) is 0.444. The maximum absolute atomic E-state index is 11.5. The first-order valence-corrected chi connectivity index (χ1v) is 6.46. The second-order valence-corrected chi connectivity index (χ2v) is 3.93. The summed E-state index contributed by atoms with van der Waals surface area (Å²) in [6.07, 6.45) is 0.983. The summed E-state index contributed by atoms with van der Waals surface area (Å²) in [7, 11) is 0. The van der Waals surface area contributed by atoms with E-state index in [9.17, 15) is 4.79 Å². The summed E-state index contributed by atoms with van der Waals surface area (Å²) in [5, 5.41) is 0. The van der Waals surface area contributed by atoms with Gasteiger partial charge in [-0.2, -0.15) is 0 Å². The molecular weight excluding hydrogens is 246 g/mol. The number of carbonyl (C=O) groups excluding carboxylic acids is 1. The Morgan fingerprint density at radius 2 is 2.00 bits per heavy atom. The van der Waals surface area contributed by atoms with Crippen molar-refractivity contribution in [2.45, 2.75) is 20.3 Å². The summed E-state index contributed by atoms with van der Waals surface area (Å²) in [6.45, 7) is 5.82. The Morgan fingerprint density at radius 1 is 1.21 bits per heavy atom. The van der Waals surface area contributed by atoms with E-state index in [1.807, 2.05) is 6.92 Å². The van der Waals surface area contributed by atoms with E-state index in [-0.39, 0.29) is 5.97 Å². The molecule has 0 heterocycles. The summed E-state index contributed by atoms with van der Waals surface area (Å²) < 4.78 is 15.7. The smallest absolute Gasteiger partial charge is 0.338 e. The third-order valence-corrected chi connectivity index (χ3v) is 2.35. The van der Waals surface area contributed by atoms with Gasteiger partial charge in [-0.3, -0.25) is 0 Å². The van der Waals surface area contributed by atoms with E-state index in [1.165, 1.54) is 0 Å². The van der Waals surface area contributed by atoms with Gasteiger partial charge in [-0.25, -0.2) is 4.79 Å². The van der Waals surface area contributed by atoms with Crippen molar-refractivity contribution in [1.29, 1.82) is 0 Å². The normalized spacial score (nSPS) is 10.2. The minimum Gasteiger partial charge on any atom is -0.489 e. The Balaban J connectivity index is 2.50. The third-order valence-electron chi connectivity index (χ3n) is 2.35. The molecule has 0 aromatic heterocycles. The second kappa shape index (κ2) is 8.37. The Hall–Kier alpha value is -1.75. The highest BCUT2D eigenvalue weighted by atomic mass is 16.5. The van der Waals surface area contributed by atoms with E-state index in [4.69, 9.17) is 19.9 Å². The Labute approximate surface area is 113 Å². The van der Waals surface area contributed by atoms with Gasteiger partial charge in [0.2, 0.25) is 0 Å². The predicted octanol–water partition coefficient (Wildman–Crippen LogP) is 2.25. The minimum absolute atomic E-state index is 0.339. The minimum atomic E-state index is -0.382. The number of anilines is 1. The highest BCUT2D eigenvalue weighted by Gasteiger charge is 2.09. The van der Waals surface area contributed by atoms with Crippen molar-refractivity contribution < 1.29 is 19.0 Å². The molecule has 0 spiro atoms. The molecule has 0 aliphatic rings. The average Bonchev–Trinajstić information content (AvgIpc) is 2.40. The number of carbonyl (C=O) groups is 1. The number of nitrogens with two attached hydrogens (primary N) is 1. The number of nitrogen functional groups attached to an aromatic ring is 1. The van der Waals surface area contributed by atoms with Crippen LogP contribution in [0.25, 0.3) is 0 Å². The zero-order valence-corrected chi connectivity index (χ0v) is 11.5. The van der Waals surface area contributed by atoms with Crippen LogP contribution in [0.2, 0.25) is 0 Å². The van der Waals surface area contributed by atoms with Gasteiger partial charge in [-0.05, 0) is 31.5 Å². The van der Waals surface area contributed by atoms with Gasteiger partial charge >= 0.3 is 5.97 Å². The fraction of sp³-hybridized carbons (Fsp3) is 0.500. The first kappa shape index (κ1) is 15.3. The molecule has 0 amide bonds. The first-order valence-electron chi connectivity index (χ1n) is 6.46. The zero-order chi connectivity index (χ0) is 14.1. The lowest BCUT2D eigenvalue weighted by Crippen LogP contribution is -2.09. The molecule has 19 heavy (non-hydrogen) atoms. The Morgan fingerprint density at radius 3 is 2.63 bits per heavy atom. The predicted molar refractivity (Wildman–Crippen MR) is 73.4 cm³/mol. The molecule has 1 rings (SSSR count). The van der Waals surface area contributed by atoms with Gasteiger partial charge in [-0.1, -0.05) is 6.92 Å². The summed E-state index contributed by atoms with van der Waals surface area (Å²) in [5.41, 5.74) is 6.67. The Bertz CT molecular complexity index is 406. The van der Waals surface area contributed by atoms with Crippen LogP contribution in [0, 0.1) is 0 Å². The van der Waals surface area contributed by atoms with Gasteiger partial charge in [0.05, 0.1) is 24.5 Å². The van der Waals surface area contributed by atoms with E-state index >= 15 is 0 Å². The lowest BCUT2D eigenvalue weighted by Gasteiger charge is -2.10. The maximum Gasteiger partial charge on any atom is 0.338 e. The molecule has 0 aliphatic heterocycles. The molecule has 0 unspecified atom stereocenters. The topological polar surface area (TPSA) is 70.8 Å². The van der Waals surface area contributed by atoms with E-state index < -0.39 is 0 Å². The number of hydrogen-bond donors (Lipinski definition) is 1. The van der Waals surface area contributed by atoms with Crippen molar-refractivity contribution >= 4 is 11.7 Å². The van der Waals surface area contributed by atoms with Gasteiger partial charge in [0.1, 0.15) is 12.4 Å². The molecule has 0 radical (unpaired) electrons. The van der Waals surface area contributed by atoms with E-state index in [0.717, 1.165) is 13.0 Å². The van der Waals surface area contributed by atoms with Gasteiger partial charge in [0.15, 0.2) is 0 Å². The average molecular weight is 267 g/mol. The zero-order valence-electron chi connectivity index (χ0n) is 11.5.